The predicted octanol–water partition coefficient (Wildman–Crippen LogP) is 5.93. The summed E-state index contributed by atoms with van der Waals surface area (Å²) >= 11 is 0. The van der Waals surface area contributed by atoms with Gasteiger partial charge in [0, 0.05) is 43.4 Å². The fourth-order valence-corrected chi connectivity index (χ4v) is 5.35. The van der Waals surface area contributed by atoms with E-state index >= 15 is 0 Å². The Morgan fingerprint density at radius 3 is 2.49 bits per heavy atom. The molecule has 3 aromatic carbocycles. The Kier molecular flexibility index (Phi) is 7.24. The molecule has 2 heterocycles. The van der Waals surface area contributed by atoms with E-state index in [1.165, 1.54) is 24.3 Å². The van der Waals surface area contributed by atoms with Gasteiger partial charge in [-0.25, -0.2) is 8.78 Å². The zero-order chi connectivity index (χ0) is 25.9. The first-order valence-electron chi connectivity index (χ1n) is 12.7. The van der Waals surface area contributed by atoms with Crippen LogP contribution in [-0.2, 0) is 11.4 Å². The lowest BCUT2D eigenvalue weighted by Gasteiger charge is -2.38. The van der Waals surface area contributed by atoms with Crippen LogP contribution in [0.5, 0.6) is 5.75 Å². The van der Waals surface area contributed by atoms with Crippen molar-refractivity contribution < 1.29 is 18.3 Å². The van der Waals surface area contributed by atoms with Crippen LogP contribution in [0.3, 0.4) is 0 Å². The number of hydrogen-bond donors (Lipinski definition) is 1. The summed E-state index contributed by atoms with van der Waals surface area (Å²) in [5.74, 6) is -0.345. The quantitative estimate of drug-likeness (QED) is 0.423. The molecule has 1 fully saturated rings. The molecule has 1 saturated heterocycles. The molecule has 5 nitrogen and oxygen atoms in total. The van der Waals surface area contributed by atoms with E-state index in [-0.39, 0.29) is 12.4 Å². The first-order chi connectivity index (χ1) is 18.0. The van der Waals surface area contributed by atoms with Gasteiger partial charge in [-0.05, 0) is 78.6 Å². The Bertz CT molecular complexity index is 1280. The maximum absolute atomic E-state index is 14.0. The lowest BCUT2D eigenvalue weighted by Crippen LogP contribution is -2.43. The Hall–Kier alpha value is -3.71. The molecule has 37 heavy (non-hydrogen) atoms. The number of carbonyl (C=O) groups is 1. The fourth-order valence-electron chi connectivity index (χ4n) is 5.35. The van der Waals surface area contributed by atoms with Crippen molar-refractivity contribution >= 4 is 29.4 Å². The van der Waals surface area contributed by atoms with Crippen molar-refractivity contribution in [1.29, 1.82) is 0 Å². The Morgan fingerprint density at radius 2 is 1.76 bits per heavy atom. The molecule has 2 aliphatic rings. The van der Waals surface area contributed by atoms with Gasteiger partial charge in [0.25, 0.3) is 0 Å². The van der Waals surface area contributed by atoms with Crippen molar-refractivity contribution in [1.82, 2.24) is 4.90 Å². The van der Waals surface area contributed by atoms with Crippen LogP contribution in [-0.4, -0.2) is 44.0 Å². The van der Waals surface area contributed by atoms with Gasteiger partial charge in [-0.1, -0.05) is 19.1 Å². The Balaban J connectivity index is 1.55. The van der Waals surface area contributed by atoms with Gasteiger partial charge in [0.1, 0.15) is 24.0 Å². The molecule has 0 bridgehead atoms. The molecule has 0 atom stereocenters. The van der Waals surface area contributed by atoms with Gasteiger partial charge in [-0.15, -0.1) is 0 Å². The molecule has 0 saturated carbocycles. The van der Waals surface area contributed by atoms with E-state index in [4.69, 9.17) is 4.74 Å². The summed E-state index contributed by atoms with van der Waals surface area (Å²) in [5, 5.41) is 2.87. The minimum Gasteiger partial charge on any atom is -0.488 e. The lowest BCUT2D eigenvalue weighted by atomic mass is 9.92. The molecule has 192 valence electrons. The second-order valence-electron chi connectivity index (χ2n) is 9.60. The van der Waals surface area contributed by atoms with E-state index in [1.54, 1.807) is 12.1 Å². The highest BCUT2D eigenvalue weighted by atomic mass is 19.1. The van der Waals surface area contributed by atoms with Crippen LogP contribution in [0.15, 0.2) is 54.6 Å². The molecule has 0 unspecified atom stereocenters. The molecule has 5 rings (SSSR count). The highest BCUT2D eigenvalue weighted by Gasteiger charge is 2.24. The molecule has 3 aromatic rings. The number of nitrogens with zero attached hydrogens (tertiary/aromatic N) is 2. The molecule has 1 amide bonds. The third-order valence-corrected chi connectivity index (χ3v) is 7.45. The van der Waals surface area contributed by atoms with Crippen LogP contribution in [0.25, 0.3) is 11.6 Å². The normalized spacial score (nSPS) is 16.9. The van der Waals surface area contributed by atoms with Gasteiger partial charge >= 0.3 is 0 Å². The second-order valence-corrected chi connectivity index (χ2v) is 9.60. The molecular formula is C30H31F2N3O2. The number of fused-ring (bicyclic) bond motifs is 2. The highest BCUT2D eigenvalue weighted by Crippen LogP contribution is 2.39. The summed E-state index contributed by atoms with van der Waals surface area (Å²) in [7, 11) is 2.08. The molecule has 1 N–H and O–H groups in total. The topological polar surface area (TPSA) is 44.8 Å². The number of nitrogens with one attached hydrogen (secondary N) is 1. The number of amides is 1. The monoisotopic (exact) mass is 503 g/mol. The van der Waals surface area contributed by atoms with Crippen molar-refractivity contribution in [3.05, 3.63) is 88.5 Å². The summed E-state index contributed by atoms with van der Waals surface area (Å²) in [6.07, 6.45) is 4.80. The summed E-state index contributed by atoms with van der Waals surface area (Å²) < 4.78 is 33.9. The fraction of sp³-hybridized carbons (Fsp3) is 0.300. The number of anilines is 2. The van der Waals surface area contributed by atoms with Gasteiger partial charge in [-0.3, -0.25) is 4.79 Å². The Morgan fingerprint density at radius 1 is 1.03 bits per heavy atom. The van der Waals surface area contributed by atoms with Crippen molar-refractivity contribution in [2.45, 2.75) is 32.4 Å². The largest absolute Gasteiger partial charge is 0.488 e. The van der Waals surface area contributed by atoms with Crippen LogP contribution in [0.1, 0.15) is 42.0 Å². The number of carbonyl (C=O) groups excluding carboxylic acids is 1. The summed E-state index contributed by atoms with van der Waals surface area (Å²) in [6.45, 7) is 5.52. The number of halogens is 2. The molecule has 0 radical (unpaired) electrons. The number of hydrogen-bond acceptors (Lipinski definition) is 4. The van der Waals surface area contributed by atoms with Crippen LogP contribution in [0.2, 0.25) is 0 Å². The van der Waals surface area contributed by atoms with Crippen LogP contribution in [0.4, 0.5) is 20.2 Å². The number of piperidine rings is 1. The van der Waals surface area contributed by atoms with E-state index in [2.05, 4.69) is 29.1 Å². The smallest absolute Gasteiger partial charge is 0.211 e. The summed E-state index contributed by atoms with van der Waals surface area (Å²) in [4.78, 5) is 16.2. The molecule has 0 spiro atoms. The van der Waals surface area contributed by atoms with Crippen molar-refractivity contribution in [3.8, 4) is 5.75 Å². The molecule has 7 heteroatoms. The first kappa shape index (κ1) is 25.0. The number of ether oxygens (including phenoxy) is 1. The SMILES string of the molecule is CCN1CCC(N(C)c2ccc(/C=C3\c4ccc(F)cc4COc4cc(F)ccc43)cc2NC=O)CC1. The number of rotatable bonds is 6. The van der Waals surface area contributed by atoms with E-state index < -0.39 is 5.82 Å². The van der Waals surface area contributed by atoms with Gasteiger partial charge in [0.2, 0.25) is 6.41 Å². The maximum Gasteiger partial charge on any atom is 0.211 e. The van der Waals surface area contributed by atoms with Crippen molar-refractivity contribution in [2.24, 2.45) is 0 Å². The van der Waals surface area contributed by atoms with E-state index in [1.807, 2.05) is 24.3 Å². The van der Waals surface area contributed by atoms with Gasteiger partial charge in [0.05, 0.1) is 11.4 Å². The molecule has 2 aliphatic heterocycles. The van der Waals surface area contributed by atoms with E-state index in [0.717, 1.165) is 60.4 Å². The number of likely N-dealkylation sites (tertiary alicyclic amines) is 1. The van der Waals surface area contributed by atoms with E-state index in [0.29, 0.717) is 29.5 Å². The van der Waals surface area contributed by atoms with Crippen LogP contribution < -0.4 is 15.0 Å². The van der Waals surface area contributed by atoms with Crippen LogP contribution in [0, 0.1) is 11.6 Å². The zero-order valence-corrected chi connectivity index (χ0v) is 21.1. The second kappa shape index (κ2) is 10.7. The number of benzene rings is 3. The molecular weight excluding hydrogens is 472 g/mol. The van der Waals surface area contributed by atoms with Gasteiger partial charge < -0.3 is 19.9 Å². The minimum atomic E-state index is -0.398. The average molecular weight is 504 g/mol. The summed E-state index contributed by atoms with van der Waals surface area (Å²) in [5.41, 5.74) is 5.55. The van der Waals surface area contributed by atoms with Crippen molar-refractivity contribution in [2.75, 3.05) is 36.9 Å². The maximum atomic E-state index is 14.0. The van der Waals surface area contributed by atoms with Crippen LogP contribution >= 0.6 is 0 Å². The third kappa shape index (κ3) is 5.23. The van der Waals surface area contributed by atoms with Gasteiger partial charge in [-0.2, -0.15) is 0 Å². The van der Waals surface area contributed by atoms with Crippen molar-refractivity contribution in [3.63, 3.8) is 0 Å². The lowest BCUT2D eigenvalue weighted by molar-refractivity contribution is -0.105. The van der Waals surface area contributed by atoms with Gasteiger partial charge in [0.15, 0.2) is 0 Å². The predicted molar refractivity (Wildman–Crippen MR) is 144 cm³/mol. The molecule has 0 aliphatic carbocycles. The summed E-state index contributed by atoms with van der Waals surface area (Å²) in [6, 6.07) is 15.4. The first-order valence-corrected chi connectivity index (χ1v) is 12.7. The Labute approximate surface area is 216 Å². The standard InChI is InChI=1S/C30H31F2N3O2/c1-3-35-12-10-24(11-13-35)34(2)29-9-4-20(15-28(29)33-19-36)14-27-25-7-5-22(31)16-21(25)18-37-30-17-23(32)6-8-26(27)30/h4-9,14-17,19,24H,3,10-13,18H2,1-2H3,(H,33,36)/b27-14+. The van der Waals surface area contributed by atoms with E-state index in [9.17, 15) is 13.6 Å². The third-order valence-electron chi connectivity index (χ3n) is 7.45. The highest BCUT2D eigenvalue weighted by molar-refractivity contribution is 5.96. The minimum absolute atomic E-state index is 0.138. The zero-order valence-electron chi connectivity index (χ0n) is 21.1. The molecule has 0 aromatic heterocycles. The average Bonchev–Trinajstić information content (AvgIpc) is 3.05.